The molecule has 0 atom stereocenters. The van der Waals surface area contributed by atoms with E-state index >= 15 is 0 Å². The first-order chi connectivity index (χ1) is 13.1. The van der Waals surface area contributed by atoms with E-state index in [-0.39, 0.29) is 17.3 Å². The Bertz CT molecular complexity index is 939. The van der Waals surface area contributed by atoms with Gasteiger partial charge in [-0.25, -0.2) is 0 Å². The summed E-state index contributed by atoms with van der Waals surface area (Å²) in [6.07, 6.45) is 0.775. The van der Waals surface area contributed by atoms with Gasteiger partial charge >= 0.3 is 0 Å². The van der Waals surface area contributed by atoms with Gasteiger partial charge in [0.05, 0.1) is 10.4 Å². The number of hydrogen-bond donors (Lipinski definition) is 2. The summed E-state index contributed by atoms with van der Waals surface area (Å²) >= 11 is 0. The van der Waals surface area contributed by atoms with Crippen molar-refractivity contribution in [3.63, 3.8) is 0 Å². The van der Waals surface area contributed by atoms with Crippen LogP contribution in [0.3, 0.4) is 0 Å². The Hall–Kier alpha value is -3.42. The normalized spacial score (nSPS) is 10.7. The molecule has 0 saturated carbocycles. The van der Waals surface area contributed by atoms with Crippen molar-refractivity contribution >= 4 is 28.2 Å². The number of aromatic nitrogens is 2. The second-order valence-electron chi connectivity index (χ2n) is 6.08. The molecule has 3 aromatic rings. The Kier molecular flexibility index (Phi) is 5.65. The zero-order valence-corrected chi connectivity index (χ0v) is 15.0. The van der Waals surface area contributed by atoms with E-state index in [4.69, 9.17) is 0 Å². The summed E-state index contributed by atoms with van der Waals surface area (Å²) in [7, 11) is 0. The molecule has 0 aliphatic rings. The molecule has 8 heteroatoms. The number of fused-ring (bicyclic) bond motifs is 1. The van der Waals surface area contributed by atoms with Gasteiger partial charge in [0, 0.05) is 42.8 Å². The van der Waals surface area contributed by atoms with Crippen LogP contribution in [0, 0.1) is 10.1 Å². The average molecular weight is 367 g/mol. The molecule has 0 bridgehead atoms. The van der Waals surface area contributed by atoms with Crippen molar-refractivity contribution in [2.24, 2.45) is 0 Å². The largest absolute Gasteiger partial charge is 0.372 e. The van der Waals surface area contributed by atoms with Crippen molar-refractivity contribution in [2.45, 2.75) is 13.3 Å². The summed E-state index contributed by atoms with van der Waals surface area (Å²) in [6.45, 7) is 4.28. The Morgan fingerprint density at radius 1 is 1.26 bits per heavy atom. The van der Waals surface area contributed by atoms with Gasteiger partial charge in [-0.1, -0.05) is 18.2 Å². The molecule has 1 amide bonds. The van der Waals surface area contributed by atoms with Crippen LogP contribution in [0.25, 0.3) is 10.9 Å². The number of nitrogens with one attached hydrogen (secondary N) is 2. The van der Waals surface area contributed by atoms with Crippen LogP contribution in [0.5, 0.6) is 0 Å². The van der Waals surface area contributed by atoms with Gasteiger partial charge in [-0.15, -0.1) is 0 Å². The third-order valence-electron chi connectivity index (χ3n) is 4.37. The van der Waals surface area contributed by atoms with E-state index in [0.29, 0.717) is 17.4 Å². The Morgan fingerprint density at radius 2 is 2.04 bits per heavy atom. The van der Waals surface area contributed by atoms with Gasteiger partial charge in [-0.05, 0) is 31.5 Å². The van der Waals surface area contributed by atoms with Crippen molar-refractivity contribution < 1.29 is 9.72 Å². The van der Waals surface area contributed by atoms with Gasteiger partial charge < -0.3 is 10.2 Å². The molecular formula is C19H21N5O3. The molecule has 0 radical (unpaired) electrons. The fourth-order valence-electron chi connectivity index (χ4n) is 2.95. The lowest BCUT2D eigenvalue weighted by Gasteiger charge is -2.23. The van der Waals surface area contributed by atoms with Crippen molar-refractivity contribution in [2.75, 3.05) is 24.5 Å². The number of carbonyl (C=O) groups is 1. The summed E-state index contributed by atoms with van der Waals surface area (Å²) in [5.41, 5.74) is 1.84. The second-order valence-corrected chi connectivity index (χ2v) is 6.08. The van der Waals surface area contributed by atoms with E-state index in [1.165, 1.54) is 12.1 Å². The second kappa shape index (κ2) is 8.31. The number of amides is 1. The van der Waals surface area contributed by atoms with Crippen molar-refractivity contribution in [1.82, 2.24) is 15.5 Å². The van der Waals surface area contributed by atoms with Crippen LogP contribution in [0.2, 0.25) is 0 Å². The third-order valence-corrected chi connectivity index (χ3v) is 4.37. The molecule has 0 aliphatic heterocycles. The highest BCUT2D eigenvalue weighted by Crippen LogP contribution is 2.22. The third kappa shape index (κ3) is 4.22. The molecule has 27 heavy (non-hydrogen) atoms. The van der Waals surface area contributed by atoms with Gasteiger partial charge in [0.15, 0.2) is 5.69 Å². The fourth-order valence-corrected chi connectivity index (χ4v) is 2.95. The molecule has 140 valence electrons. The lowest BCUT2D eigenvalue weighted by atomic mass is 10.2. The zero-order chi connectivity index (χ0) is 19.2. The van der Waals surface area contributed by atoms with Crippen LogP contribution in [-0.4, -0.2) is 40.7 Å². The number of nitro benzene ring substituents is 1. The first kappa shape index (κ1) is 18.4. The summed E-state index contributed by atoms with van der Waals surface area (Å²) in [6, 6.07) is 14.4. The van der Waals surface area contributed by atoms with Crippen LogP contribution in [0.4, 0.5) is 11.4 Å². The summed E-state index contributed by atoms with van der Waals surface area (Å²) in [5.74, 6) is -0.343. The van der Waals surface area contributed by atoms with E-state index in [1.807, 2.05) is 18.2 Å². The van der Waals surface area contributed by atoms with E-state index in [0.717, 1.165) is 25.2 Å². The Labute approximate surface area is 156 Å². The number of aromatic amines is 1. The maximum atomic E-state index is 12.4. The van der Waals surface area contributed by atoms with Crippen LogP contribution in [0.1, 0.15) is 23.8 Å². The highest BCUT2D eigenvalue weighted by atomic mass is 16.6. The number of non-ortho nitro benzene ring substituents is 1. The van der Waals surface area contributed by atoms with Crippen molar-refractivity contribution in [1.29, 1.82) is 0 Å². The molecule has 2 N–H and O–H groups in total. The van der Waals surface area contributed by atoms with Gasteiger partial charge in [0.25, 0.3) is 11.6 Å². The fraction of sp³-hybridized carbons (Fsp3) is 0.263. The van der Waals surface area contributed by atoms with Crippen LogP contribution in [0.15, 0.2) is 48.5 Å². The summed E-state index contributed by atoms with van der Waals surface area (Å²) < 4.78 is 0. The smallest absolute Gasteiger partial charge is 0.272 e. The van der Waals surface area contributed by atoms with Gasteiger partial charge in [-0.3, -0.25) is 20.0 Å². The lowest BCUT2D eigenvalue weighted by molar-refractivity contribution is -0.384. The Balaban J connectivity index is 1.59. The van der Waals surface area contributed by atoms with E-state index in [9.17, 15) is 14.9 Å². The summed E-state index contributed by atoms with van der Waals surface area (Å²) in [4.78, 5) is 25.1. The topological polar surface area (TPSA) is 104 Å². The SMILES string of the molecule is CCN(CCCNC(=O)c1n[nH]c2ccc([N+](=O)[O-])cc12)c1ccccc1. The Morgan fingerprint density at radius 3 is 2.74 bits per heavy atom. The maximum Gasteiger partial charge on any atom is 0.272 e. The molecule has 2 aromatic carbocycles. The number of nitrogens with zero attached hydrogens (tertiary/aromatic N) is 3. The number of nitro groups is 1. The van der Waals surface area contributed by atoms with Crippen LogP contribution in [-0.2, 0) is 0 Å². The lowest BCUT2D eigenvalue weighted by Crippen LogP contribution is -2.30. The molecule has 1 heterocycles. The van der Waals surface area contributed by atoms with Gasteiger partial charge in [0.1, 0.15) is 0 Å². The van der Waals surface area contributed by atoms with Crippen molar-refractivity contribution in [3.05, 3.63) is 64.3 Å². The predicted octanol–water partition coefficient (Wildman–Crippen LogP) is 3.12. The number of H-pyrrole nitrogens is 1. The predicted molar refractivity (Wildman–Crippen MR) is 104 cm³/mol. The minimum Gasteiger partial charge on any atom is -0.372 e. The zero-order valence-electron chi connectivity index (χ0n) is 15.0. The van der Waals surface area contributed by atoms with Gasteiger partial charge in [0.2, 0.25) is 0 Å². The van der Waals surface area contributed by atoms with Crippen LogP contribution >= 0.6 is 0 Å². The molecule has 3 rings (SSSR count). The number of carbonyl (C=O) groups excluding carboxylic acids is 1. The van der Waals surface area contributed by atoms with E-state index in [2.05, 4.69) is 39.5 Å². The monoisotopic (exact) mass is 367 g/mol. The highest BCUT2D eigenvalue weighted by Gasteiger charge is 2.17. The van der Waals surface area contributed by atoms with Crippen molar-refractivity contribution in [3.8, 4) is 0 Å². The number of benzene rings is 2. The average Bonchev–Trinajstić information content (AvgIpc) is 3.12. The molecule has 1 aromatic heterocycles. The number of anilines is 1. The van der Waals surface area contributed by atoms with E-state index < -0.39 is 4.92 Å². The maximum absolute atomic E-state index is 12.4. The number of rotatable bonds is 8. The standard InChI is InChI=1S/C19H21N5O3/c1-2-23(14-7-4-3-5-8-14)12-6-11-20-19(25)18-16-13-15(24(26)27)9-10-17(16)21-22-18/h3-5,7-10,13H,2,6,11-12H2,1H3,(H,20,25)(H,21,22). The molecule has 8 nitrogen and oxygen atoms in total. The summed E-state index contributed by atoms with van der Waals surface area (Å²) in [5, 5.41) is 21.0. The molecule has 0 spiro atoms. The molecule has 0 fully saturated rings. The highest BCUT2D eigenvalue weighted by molar-refractivity contribution is 6.05. The molecule has 0 saturated heterocycles. The minimum atomic E-state index is -0.489. The first-order valence-electron chi connectivity index (χ1n) is 8.81. The van der Waals surface area contributed by atoms with Crippen LogP contribution < -0.4 is 10.2 Å². The number of hydrogen-bond acceptors (Lipinski definition) is 5. The number of para-hydroxylation sites is 1. The van der Waals surface area contributed by atoms with E-state index in [1.54, 1.807) is 6.07 Å². The molecule has 0 aliphatic carbocycles. The molecular weight excluding hydrogens is 346 g/mol. The first-order valence-corrected chi connectivity index (χ1v) is 8.81. The quantitative estimate of drug-likeness (QED) is 0.362. The van der Waals surface area contributed by atoms with Gasteiger partial charge in [-0.2, -0.15) is 5.10 Å². The molecule has 0 unspecified atom stereocenters. The minimum absolute atomic E-state index is 0.0700.